The van der Waals surface area contributed by atoms with E-state index < -0.39 is 0 Å². The summed E-state index contributed by atoms with van der Waals surface area (Å²) in [4.78, 5) is 4.18. The molecule has 0 fully saturated rings. The summed E-state index contributed by atoms with van der Waals surface area (Å²) >= 11 is 1.35. The molecule has 0 spiro atoms. The van der Waals surface area contributed by atoms with E-state index in [0.717, 1.165) is 4.70 Å². The van der Waals surface area contributed by atoms with Crippen LogP contribution < -0.4 is 0 Å². The highest BCUT2D eigenvalue weighted by Gasteiger charge is 2.17. The second-order valence-electron chi connectivity index (χ2n) is 4.12. The second kappa shape index (κ2) is 2.81. The third-order valence-corrected chi connectivity index (χ3v) is 2.86. The number of pyridine rings is 1. The van der Waals surface area contributed by atoms with Gasteiger partial charge in [-0.25, -0.2) is 0 Å². The minimum atomic E-state index is 0.0327. The predicted molar refractivity (Wildman–Crippen MR) is 58.3 cm³/mol. The van der Waals surface area contributed by atoms with Crippen LogP contribution in [0.15, 0.2) is 23.7 Å². The van der Waals surface area contributed by atoms with Gasteiger partial charge in [-0.1, -0.05) is 20.8 Å². The lowest BCUT2D eigenvalue weighted by molar-refractivity contribution is 0.596. The van der Waals surface area contributed by atoms with Crippen LogP contribution in [0.25, 0.3) is 10.2 Å². The minimum absolute atomic E-state index is 0.0327. The molecule has 0 N–H and O–H groups in total. The Kier molecular flexibility index (Phi) is 1.41. The molecule has 0 radical (unpaired) electrons. The molecule has 0 aliphatic rings. The highest BCUT2D eigenvalue weighted by Crippen LogP contribution is 2.31. The molecule has 2 aromatic rings. The molecule has 68 valence electrons. The molecular formula is C11H13NS. The van der Waals surface area contributed by atoms with E-state index in [1.807, 2.05) is 6.07 Å². The highest BCUT2D eigenvalue weighted by atomic mass is 32.1. The summed E-state index contributed by atoms with van der Waals surface area (Å²) < 4.78 is 16.4. The topological polar surface area (TPSA) is 12.9 Å². The summed E-state index contributed by atoms with van der Waals surface area (Å²) in [6.07, 6.45) is 1.73. The third-order valence-electron chi connectivity index (χ3n) is 2.04. The molecule has 0 bridgehead atoms. The molecule has 0 saturated heterocycles. The molecule has 0 atom stereocenters. The van der Waals surface area contributed by atoms with Gasteiger partial charge in [0.05, 0.1) is 13.0 Å². The van der Waals surface area contributed by atoms with Crippen LogP contribution in [0, 0.1) is 0 Å². The third kappa shape index (κ3) is 1.46. The summed E-state index contributed by atoms with van der Waals surface area (Å²) in [5.74, 6) is 0. The maximum absolute atomic E-state index is 7.73. The lowest BCUT2D eigenvalue weighted by atomic mass is 9.87. The van der Waals surface area contributed by atoms with Crippen molar-refractivity contribution >= 4 is 21.6 Å². The van der Waals surface area contributed by atoms with Crippen molar-refractivity contribution in [2.24, 2.45) is 0 Å². The molecule has 0 aromatic carbocycles. The van der Waals surface area contributed by atoms with Gasteiger partial charge in [-0.15, -0.1) is 11.3 Å². The first-order valence-corrected chi connectivity index (χ1v) is 5.08. The molecule has 1 nitrogen and oxygen atoms in total. The first-order valence-electron chi connectivity index (χ1n) is 5.26. The molecule has 0 aliphatic heterocycles. The van der Waals surface area contributed by atoms with Crippen molar-refractivity contribution in [3.05, 3.63) is 29.2 Å². The fourth-order valence-electron chi connectivity index (χ4n) is 1.36. The van der Waals surface area contributed by atoms with Gasteiger partial charge in [0.25, 0.3) is 0 Å². The van der Waals surface area contributed by atoms with E-state index in [1.165, 1.54) is 16.9 Å². The van der Waals surface area contributed by atoms with Crippen molar-refractivity contribution < 1.29 is 2.74 Å². The van der Waals surface area contributed by atoms with Crippen LogP contribution in [0.2, 0.25) is 0 Å². The fourth-order valence-corrected chi connectivity index (χ4v) is 2.29. The van der Waals surface area contributed by atoms with Crippen molar-refractivity contribution in [1.29, 1.82) is 0 Å². The van der Waals surface area contributed by atoms with Gasteiger partial charge >= 0.3 is 0 Å². The minimum Gasteiger partial charge on any atom is -0.255 e. The Hall–Kier alpha value is -0.890. The fraction of sp³-hybridized carbons (Fsp3) is 0.364. The van der Waals surface area contributed by atoms with Crippen molar-refractivity contribution in [3.8, 4) is 0 Å². The molecule has 0 amide bonds. The average molecular weight is 193 g/mol. The van der Waals surface area contributed by atoms with Crippen molar-refractivity contribution in [2.45, 2.75) is 26.2 Å². The number of hydrogen-bond donors (Lipinski definition) is 0. The van der Waals surface area contributed by atoms with Gasteiger partial charge in [0.1, 0.15) is 0 Å². The molecule has 2 rings (SSSR count). The zero-order valence-electron chi connectivity index (χ0n) is 10.0. The van der Waals surface area contributed by atoms with Crippen LogP contribution in [0.1, 0.15) is 29.1 Å². The van der Waals surface area contributed by atoms with Crippen LogP contribution in [-0.4, -0.2) is 4.98 Å². The highest BCUT2D eigenvalue weighted by molar-refractivity contribution is 7.17. The number of aromatic nitrogens is 1. The van der Waals surface area contributed by atoms with Gasteiger partial charge < -0.3 is 0 Å². The van der Waals surface area contributed by atoms with E-state index in [2.05, 4.69) is 25.8 Å². The number of hydrogen-bond acceptors (Lipinski definition) is 2. The number of thiophene rings is 1. The summed E-state index contributed by atoms with van der Waals surface area (Å²) in [6, 6.07) is 2.23. The Morgan fingerprint density at radius 3 is 2.92 bits per heavy atom. The van der Waals surface area contributed by atoms with Gasteiger partial charge in [0.15, 0.2) is 0 Å². The normalized spacial score (nSPS) is 14.4. The monoisotopic (exact) mass is 193 g/mol. The van der Waals surface area contributed by atoms with Crippen molar-refractivity contribution in [2.75, 3.05) is 0 Å². The predicted octanol–water partition coefficient (Wildman–Crippen LogP) is 3.59. The van der Waals surface area contributed by atoms with Crippen molar-refractivity contribution in [1.82, 2.24) is 4.98 Å². The molecule has 0 aliphatic carbocycles. The van der Waals surface area contributed by atoms with E-state index in [1.54, 1.807) is 6.20 Å². The van der Waals surface area contributed by atoms with Gasteiger partial charge in [0.2, 0.25) is 0 Å². The Morgan fingerprint density at radius 1 is 1.46 bits per heavy atom. The summed E-state index contributed by atoms with van der Waals surface area (Å²) in [5.41, 5.74) is 1.87. The Labute approximate surface area is 85.2 Å². The van der Waals surface area contributed by atoms with Crippen LogP contribution in [-0.2, 0) is 5.41 Å². The molecule has 2 heterocycles. The Bertz CT molecular complexity index is 511. The number of nitrogens with zero attached hydrogens (tertiary/aromatic N) is 1. The van der Waals surface area contributed by atoms with Gasteiger partial charge in [-0.05, 0) is 28.4 Å². The first-order chi connectivity index (χ1) is 6.91. The molecule has 0 saturated carbocycles. The van der Waals surface area contributed by atoms with Crippen LogP contribution in [0.4, 0.5) is 0 Å². The smallest absolute Gasteiger partial charge is 0.0812 e. The summed E-state index contributed by atoms with van der Waals surface area (Å²) in [7, 11) is 0. The van der Waals surface area contributed by atoms with Gasteiger partial charge in [-0.3, -0.25) is 4.98 Å². The molecule has 2 aromatic heterocycles. The zero-order valence-corrected chi connectivity index (χ0v) is 8.83. The Balaban J connectivity index is 2.83. The van der Waals surface area contributed by atoms with Gasteiger partial charge in [0, 0.05) is 6.20 Å². The average Bonchev–Trinajstić information content (AvgIpc) is 2.41. The maximum atomic E-state index is 7.73. The largest absolute Gasteiger partial charge is 0.255 e. The van der Waals surface area contributed by atoms with E-state index in [-0.39, 0.29) is 11.5 Å². The standard InChI is InChI=1S/C11H13NS/c1-11(2,3)8-4-6-12-9-5-7-13-10(8)9/h4-7H,1-3H3/i5D,7D. The SMILES string of the molecule is [2H]c1sc2c(C(C)(C)C)ccnc2c1[2H]. The van der Waals surface area contributed by atoms with Crippen LogP contribution >= 0.6 is 11.3 Å². The van der Waals surface area contributed by atoms with Crippen LogP contribution in [0.5, 0.6) is 0 Å². The van der Waals surface area contributed by atoms with Gasteiger partial charge in [-0.2, -0.15) is 0 Å². The zero-order chi connectivity index (χ0) is 11.2. The molecular weight excluding hydrogens is 178 g/mol. The second-order valence-corrected chi connectivity index (χ2v) is 4.93. The number of rotatable bonds is 0. The summed E-state index contributed by atoms with van der Waals surface area (Å²) in [5, 5.41) is 0.300. The first kappa shape index (κ1) is 6.55. The van der Waals surface area contributed by atoms with E-state index in [0.29, 0.717) is 10.9 Å². The quantitative estimate of drug-likeness (QED) is 0.623. The molecule has 0 unspecified atom stereocenters. The number of fused-ring (bicyclic) bond motifs is 1. The molecule has 13 heavy (non-hydrogen) atoms. The van der Waals surface area contributed by atoms with E-state index >= 15 is 0 Å². The molecule has 2 heteroatoms. The lowest BCUT2D eigenvalue weighted by Gasteiger charge is -2.19. The van der Waals surface area contributed by atoms with Crippen LogP contribution in [0.3, 0.4) is 0 Å². The maximum Gasteiger partial charge on any atom is 0.0812 e. The summed E-state index contributed by atoms with van der Waals surface area (Å²) in [6.45, 7) is 6.40. The van der Waals surface area contributed by atoms with Crippen molar-refractivity contribution in [3.63, 3.8) is 0 Å². The Morgan fingerprint density at radius 2 is 2.23 bits per heavy atom. The van der Waals surface area contributed by atoms with E-state index in [4.69, 9.17) is 2.74 Å². The van der Waals surface area contributed by atoms with E-state index in [9.17, 15) is 0 Å². The lowest BCUT2D eigenvalue weighted by Crippen LogP contribution is -2.11.